The molecule has 1 saturated heterocycles. The average molecular weight is 409 g/mol. The Morgan fingerprint density at radius 2 is 1.97 bits per heavy atom. The Bertz CT molecular complexity index is 1090. The SMILES string of the molecule is C[C@H](c1nnc(-c2ccc(F)cc2)o1)N1CCC[C@@H](c2nc3ccccc3s2)C1. The van der Waals surface area contributed by atoms with E-state index in [9.17, 15) is 4.39 Å². The molecule has 0 spiro atoms. The molecule has 2 aromatic heterocycles. The van der Waals surface area contributed by atoms with Crippen LogP contribution in [0.25, 0.3) is 21.7 Å². The monoisotopic (exact) mass is 408 g/mol. The van der Waals surface area contributed by atoms with E-state index in [0.29, 0.717) is 17.7 Å². The van der Waals surface area contributed by atoms with Crippen LogP contribution in [0.3, 0.4) is 0 Å². The molecule has 3 heterocycles. The van der Waals surface area contributed by atoms with Crippen molar-refractivity contribution in [2.45, 2.75) is 31.7 Å². The van der Waals surface area contributed by atoms with Gasteiger partial charge >= 0.3 is 0 Å². The summed E-state index contributed by atoms with van der Waals surface area (Å²) in [6.45, 7) is 4.02. The van der Waals surface area contributed by atoms with Gasteiger partial charge in [-0.3, -0.25) is 4.90 Å². The summed E-state index contributed by atoms with van der Waals surface area (Å²) in [5, 5.41) is 9.63. The first-order valence-corrected chi connectivity index (χ1v) is 10.7. The van der Waals surface area contributed by atoms with E-state index in [1.165, 1.54) is 21.8 Å². The van der Waals surface area contributed by atoms with Gasteiger partial charge in [-0.15, -0.1) is 21.5 Å². The van der Waals surface area contributed by atoms with E-state index < -0.39 is 0 Å². The van der Waals surface area contributed by atoms with Gasteiger partial charge in [-0.1, -0.05) is 12.1 Å². The molecule has 0 unspecified atom stereocenters. The highest BCUT2D eigenvalue weighted by Crippen LogP contribution is 2.35. The molecular formula is C22H21FN4OS. The second-order valence-corrected chi connectivity index (χ2v) is 8.54. The van der Waals surface area contributed by atoms with Crippen LogP contribution in [-0.2, 0) is 0 Å². The minimum Gasteiger partial charge on any atom is -0.419 e. The van der Waals surface area contributed by atoms with Crippen molar-refractivity contribution in [2.75, 3.05) is 13.1 Å². The number of nitrogens with zero attached hydrogens (tertiary/aromatic N) is 4. The minimum absolute atomic E-state index is 0.0221. The van der Waals surface area contributed by atoms with E-state index in [4.69, 9.17) is 9.40 Å². The maximum Gasteiger partial charge on any atom is 0.247 e. The zero-order valence-corrected chi connectivity index (χ0v) is 16.9. The van der Waals surface area contributed by atoms with E-state index in [0.717, 1.165) is 37.0 Å². The Morgan fingerprint density at radius 3 is 2.79 bits per heavy atom. The van der Waals surface area contributed by atoms with Gasteiger partial charge in [-0.25, -0.2) is 9.37 Å². The maximum absolute atomic E-state index is 13.1. The van der Waals surface area contributed by atoms with Crippen LogP contribution in [0.5, 0.6) is 0 Å². The van der Waals surface area contributed by atoms with Crippen molar-refractivity contribution in [3.63, 3.8) is 0 Å². The van der Waals surface area contributed by atoms with E-state index >= 15 is 0 Å². The van der Waals surface area contributed by atoms with Gasteiger partial charge in [-0.05, 0) is 62.7 Å². The summed E-state index contributed by atoms with van der Waals surface area (Å²) in [7, 11) is 0. The van der Waals surface area contributed by atoms with Crippen LogP contribution in [0, 0.1) is 5.82 Å². The van der Waals surface area contributed by atoms with Gasteiger partial charge in [0.1, 0.15) is 5.82 Å². The molecule has 148 valence electrons. The normalized spacial score (nSPS) is 18.9. The highest BCUT2D eigenvalue weighted by atomic mass is 32.1. The molecule has 5 rings (SSSR count). The van der Waals surface area contributed by atoms with Crippen molar-refractivity contribution in [1.29, 1.82) is 0 Å². The minimum atomic E-state index is -0.281. The van der Waals surface area contributed by atoms with Gasteiger partial charge in [0.25, 0.3) is 0 Å². The number of aromatic nitrogens is 3. The standard InChI is InChI=1S/C22H21FN4OS/c1-14(20-25-26-21(28-20)15-8-10-17(23)11-9-15)27-12-4-5-16(13-27)22-24-18-6-2-3-7-19(18)29-22/h2-3,6-11,14,16H,4-5,12-13H2,1H3/t14-,16-/m1/s1. The molecule has 1 aliphatic rings. The third kappa shape index (κ3) is 3.68. The Morgan fingerprint density at radius 1 is 1.14 bits per heavy atom. The van der Waals surface area contributed by atoms with Crippen LogP contribution >= 0.6 is 11.3 Å². The van der Waals surface area contributed by atoms with Crippen molar-refractivity contribution >= 4 is 21.6 Å². The average Bonchev–Trinajstić information content (AvgIpc) is 3.41. The molecule has 4 aromatic rings. The third-order valence-corrected chi connectivity index (χ3v) is 6.75. The third-order valence-electron chi connectivity index (χ3n) is 5.55. The van der Waals surface area contributed by atoms with Crippen LogP contribution in [0.1, 0.15) is 42.6 Å². The number of likely N-dealkylation sites (tertiary alicyclic amines) is 1. The highest BCUT2D eigenvalue weighted by Gasteiger charge is 2.29. The summed E-state index contributed by atoms with van der Waals surface area (Å²) < 4.78 is 20.3. The van der Waals surface area contributed by atoms with Crippen molar-refractivity contribution in [3.8, 4) is 11.5 Å². The number of hydrogen-bond acceptors (Lipinski definition) is 6. The summed E-state index contributed by atoms with van der Waals surface area (Å²) in [5.74, 6) is 1.15. The molecule has 5 nitrogen and oxygen atoms in total. The lowest BCUT2D eigenvalue weighted by Gasteiger charge is -2.34. The molecule has 0 amide bonds. The molecule has 29 heavy (non-hydrogen) atoms. The summed E-state index contributed by atoms with van der Waals surface area (Å²) >= 11 is 1.80. The number of piperidine rings is 1. The van der Waals surface area contributed by atoms with E-state index in [1.807, 2.05) is 6.07 Å². The number of thiazole rings is 1. The molecule has 0 radical (unpaired) electrons. The smallest absolute Gasteiger partial charge is 0.247 e. The second kappa shape index (κ2) is 7.65. The summed E-state index contributed by atoms with van der Waals surface area (Å²) in [6, 6.07) is 14.4. The van der Waals surface area contributed by atoms with E-state index in [2.05, 4.69) is 40.2 Å². The Labute approximate surface area is 172 Å². The molecular weight excluding hydrogens is 387 g/mol. The van der Waals surface area contributed by atoms with Gasteiger partial charge in [0, 0.05) is 18.0 Å². The number of fused-ring (bicyclic) bond motifs is 1. The van der Waals surface area contributed by atoms with Gasteiger partial charge in [-0.2, -0.15) is 0 Å². The molecule has 2 atom stereocenters. The van der Waals surface area contributed by atoms with Crippen molar-refractivity contribution < 1.29 is 8.81 Å². The predicted molar refractivity (Wildman–Crippen MR) is 111 cm³/mol. The number of hydrogen-bond donors (Lipinski definition) is 0. The van der Waals surface area contributed by atoms with Gasteiger partial charge < -0.3 is 4.42 Å². The number of rotatable bonds is 4. The predicted octanol–water partition coefficient (Wildman–Crippen LogP) is 5.43. The van der Waals surface area contributed by atoms with Crippen molar-refractivity contribution in [3.05, 3.63) is 65.2 Å². The van der Waals surface area contributed by atoms with Gasteiger partial charge in [0.05, 0.1) is 21.3 Å². The van der Waals surface area contributed by atoms with E-state index in [1.54, 1.807) is 23.5 Å². The number of halogens is 1. The van der Waals surface area contributed by atoms with Crippen LogP contribution < -0.4 is 0 Å². The van der Waals surface area contributed by atoms with Gasteiger partial charge in [0.15, 0.2) is 0 Å². The molecule has 7 heteroatoms. The van der Waals surface area contributed by atoms with Crippen LogP contribution in [0.15, 0.2) is 52.9 Å². The van der Waals surface area contributed by atoms with Crippen LogP contribution in [0.2, 0.25) is 0 Å². The lowest BCUT2D eigenvalue weighted by Crippen LogP contribution is -2.36. The topological polar surface area (TPSA) is 55.1 Å². The molecule has 1 fully saturated rings. The van der Waals surface area contributed by atoms with E-state index in [-0.39, 0.29) is 11.9 Å². The molecule has 0 bridgehead atoms. The fraction of sp³-hybridized carbons (Fsp3) is 0.318. The van der Waals surface area contributed by atoms with Crippen molar-refractivity contribution in [1.82, 2.24) is 20.1 Å². The molecule has 2 aromatic carbocycles. The summed E-state index contributed by atoms with van der Waals surface area (Å²) in [4.78, 5) is 7.25. The molecule has 0 saturated carbocycles. The first kappa shape index (κ1) is 18.4. The quantitative estimate of drug-likeness (QED) is 0.451. The number of benzene rings is 2. The lowest BCUT2D eigenvalue weighted by atomic mass is 9.97. The largest absolute Gasteiger partial charge is 0.419 e. The molecule has 1 aliphatic heterocycles. The Balaban J connectivity index is 1.33. The summed E-state index contributed by atoms with van der Waals surface area (Å²) in [6.07, 6.45) is 2.26. The molecule has 0 N–H and O–H groups in total. The Hall–Kier alpha value is -2.64. The first-order valence-electron chi connectivity index (χ1n) is 9.86. The maximum atomic E-state index is 13.1. The van der Waals surface area contributed by atoms with Crippen LogP contribution in [0.4, 0.5) is 4.39 Å². The fourth-order valence-electron chi connectivity index (χ4n) is 3.89. The Kier molecular flexibility index (Phi) is 4.85. The molecule has 0 aliphatic carbocycles. The zero-order valence-electron chi connectivity index (χ0n) is 16.1. The van der Waals surface area contributed by atoms with Crippen LogP contribution in [-0.4, -0.2) is 33.2 Å². The second-order valence-electron chi connectivity index (χ2n) is 7.48. The lowest BCUT2D eigenvalue weighted by molar-refractivity contribution is 0.139. The highest BCUT2D eigenvalue weighted by molar-refractivity contribution is 7.18. The number of para-hydroxylation sites is 1. The summed E-state index contributed by atoms with van der Waals surface area (Å²) in [5.41, 5.74) is 1.81. The van der Waals surface area contributed by atoms with Crippen molar-refractivity contribution in [2.24, 2.45) is 0 Å². The van der Waals surface area contributed by atoms with Gasteiger partial charge in [0.2, 0.25) is 11.8 Å². The zero-order chi connectivity index (χ0) is 19.8. The fourth-order valence-corrected chi connectivity index (χ4v) is 4.99. The first-order chi connectivity index (χ1) is 14.2.